The van der Waals surface area contributed by atoms with Crippen molar-refractivity contribution < 1.29 is 8.78 Å². The van der Waals surface area contributed by atoms with Crippen LogP contribution in [0, 0.1) is 0 Å². The van der Waals surface area contributed by atoms with E-state index < -0.39 is 6.43 Å². The first-order chi connectivity index (χ1) is 7.18. The molecule has 1 aromatic carbocycles. The largest absolute Gasteiger partial charge is 0.310 e. The monoisotopic (exact) mass is 275 g/mol. The Morgan fingerprint density at radius 2 is 2.20 bits per heavy atom. The number of halogens is 3. The van der Waals surface area contributed by atoms with Gasteiger partial charge in [-0.3, -0.25) is 0 Å². The molecule has 1 aliphatic rings. The second-order valence-corrected chi connectivity index (χ2v) is 4.58. The van der Waals surface area contributed by atoms with Crippen molar-refractivity contribution in [1.29, 1.82) is 0 Å². The molecule has 1 nitrogen and oxygen atoms in total. The Hall–Kier alpha value is -0.480. The van der Waals surface area contributed by atoms with Crippen LogP contribution in [0.2, 0.25) is 0 Å². The molecule has 1 fully saturated rings. The molecule has 1 aromatic rings. The van der Waals surface area contributed by atoms with Crippen molar-refractivity contribution in [3.05, 3.63) is 33.8 Å². The van der Waals surface area contributed by atoms with Crippen LogP contribution in [0.5, 0.6) is 0 Å². The lowest BCUT2D eigenvalue weighted by molar-refractivity contribution is 0.150. The highest BCUT2D eigenvalue weighted by Crippen LogP contribution is 2.31. The molecule has 0 radical (unpaired) electrons. The van der Waals surface area contributed by atoms with Crippen molar-refractivity contribution in [2.75, 3.05) is 6.54 Å². The molecule has 82 valence electrons. The molecular formula is C11H12BrF2N. The third-order valence-electron chi connectivity index (χ3n) is 2.72. The Bertz CT molecular complexity index is 348. The summed E-state index contributed by atoms with van der Waals surface area (Å²) in [6, 6.07) is 5.41. The molecule has 0 amide bonds. The summed E-state index contributed by atoms with van der Waals surface area (Å²) in [5, 5.41) is 3.34. The van der Waals surface area contributed by atoms with E-state index in [0.29, 0.717) is 10.5 Å². The third-order valence-corrected chi connectivity index (χ3v) is 3.41. The van der Waals surface area contributed by atoms with Gasteiger partial charge in [0.2, 0.25) is 0 Å². The highest BCUT2D eigenvalue weighted by atomic mass is 79.9. The Balaban J connectivity index is 2.24. The molecule has 1 heterocycles. The van der Waals surface area contributed by atoms with E-state index in [1.807, 2.05) is 0 Å². The molecule has 1 N–H and O–H groups in total. The summed E-state index contributed by atoms with van der Waals surface area (Å²) in [5.41, 5.74) is 1.15. The smallest absolute Gasteiger partial charge is 0.264 e. The van der Waals surface area contributed by atoms with Gasteiger partial charge in [0.05, 0.1) is 0 Å². The molecule has 0 aliphatic carbocycles. The van der Waals surface area contributed by atoms with Crippen LogP contribution in [0.3, 0.4) is 0 Å². The van der Waals surface area contributed by atoms with Crippen LogP contribution >= 0.6 is 15.9 Å². The average Bonchev–Trinajstić information content (AvgIpc) is 2.69. The normalized spacial score (nSPS) is 21.2. The van der Waals surface area contributed by atoms with E-state index in [-0.39, 0.29) is 5.56 Å². The summed E-state index contributed by atoms with van der Waals surface area (Å²) in [4.78, 5) is 0. The van der Waals surface area contributed by atoms with Gasteiger partial charge < -0.3 is 5.32 Å². The lowest BCUT2D eigenvalue weighted by atomic mass is 10.0. The summed E-state index contributed by atoms with van der Waals surface area (Å²) >= 11 is 3.19. The van der Waals surface area contributed by atoms with Gasteiger partial charge in [-0.1, -0.05) is 28.1 Å². The molecule has 0 spiro atoms. The summed E-state index contributed by atoms with van der Waals surface area (Å²) in [7, 11) is 0. The number of rotatable bonds is 2. The molecule has 1 unspecified atom stereocenters. The minimum absolute atomic E-state index is 0.0664. The fourth-order valence-electron chi connectivity index (χ4n) is 1.91. The zero-order valence-electron chi connectivity index (χ0n) is 8.14. The first-order valence-electron chi connectivity index (χ1n) is 4.99. The second kappa shape index (κ2) is 4.58. The van der Waals surface area contributed by atoms with Gasteiger partial charge in [-0.25, -0.2) is 8.78 Å². The molecular weight excluding hydrogens is 264 g/mol. The summed E-state index contributed by atoms with van der Waals surface area (Å²) in [6.45, 7) is 1.01. The predicted molar refractivity (Wildman–Crippen MR) is 59.1 cm³/mol. The molecule has 1 saturated heterocycles. The van der Waals surface area contributed by atoms with Gasteiger partial charge >= 0.3 is 0 Å². The first-order valence-corrected chi connectivity index (χ1v) is 5.78. The Labute approximate surface area is 96.0 Å². The van der Waals surface area contributed by atoms with E-state index in [2.05, 4.69) is 21.2 Å². The van der Waals surface area contributed by atoms with Crippen molar-refractivity contribution in [2.45, 2.75) is 25.3 Å². The zero-order valence-corrected chi connectivity index (χ0v) is 9.73. The fourth-order valence-corrected chi connectivity index (χ4v) is 2.48. The highest BCUT2D eigenvalue weighted by molar-refractivity contribution is 9.10. The minimum atomic E-state index is -2.41. The molecule has 1 atom stereocenters. The Morgan fingerprint density at radius 3 is 2.73 bits per heavy atom. The van der Waals surface area contributed by atoms with Crippen molar-refractivity contribution in [3.8, 4) is 0 Å². The standard InChI is InChI=1S/C11H12BrF2N/c12-9-6-7(10-2-1-5-15-10)3-4-8(9)11(13)14/h3-4,6,10-11,15H,1-2,5H2. The maximum absolute atomic E-state index is 12.5. The Kier molecular flexibility index (Phi) is 3.36. The molecule has 4 heteroatoms. The van der Waals surface area contributed by atoms with Crippen LogP contribution in [-0.4, -0.2) is 6.54 Å². The Morgan fingerprint density at radius 1 is 1.40 bits per heavy atom. The van der Waals surface area contributed by atoms with Crippen LogP contribution in [0.25, 0.3) is 0 Å². The molecule has 0 saturated carbocycles. The lowest BCUT2D eigenvalue weighted by Gasteiger charge is -2.12. The lowest BCUT2D eigenvalue weighted by Crippen LogP contribution is -2.12. The SMILES string of the molecule is FC(F)c1ccc(C2CCCN2)cc1Br. The van der Waals surface area contributed by atoms with Crippen LogP contribution in [0.1, 0.15) is 36.4 Å². The van der Waals surface area contributed by atoms with Crippen LogP contribution in [0.15, 0.2) is 22.7 Å². The van der Waals surface area contributed by atoms with Gasteiger partial charge in [-0.2, -0.15) is 0 Å². The van der Waals surface area contributed by atoms with E-state index in [0.717, 1.165) is 24.9 Å². The summed E-state index contributed by atoms with van der Waals surface area (Å²) in [6.07, 6.45) is -0.177. The van der Waals surface area contributed by atoms with Gasteiger partial charge in [-0.15, -0.1) is 0 Å². The quantitative estimate of drug-likeness (QED) is 0.866. The number of alkyl halides is 2. The molecule has 2 rings (SSSR count). The van der Waals surface area contributed by atoms with Gasteiger partial charge in [0, 0.05) is 16.1 Å². The number of benzene rings is 1. The molecule has 1 aliphatic heterocycles. The van der Waals surface area contributed by atoms with Gasteiger partial charge in [0.25, 0.3) is 6.43 Å². The van der Waals surface area contributed by atoms with Gasteiger partial charge in [-0.05, 0) is 31.0 Å². The number of hydrogen-bond donors (Lipinski definition) is 1. The van der Waals surface area contributed by atoms with Crippen LogP contribution < -0.4 is 5.32 Å². The van der Waals surface area contributed by atoms with E-state index >= 15 is 0 Å². The third kappa shape index (κ3) is 2.37. The zero-order chi connectivity index (χ0) is 10.8. The van der Waals surface area contributed by atoms with E-state index in [4.69, 9.17) is 0 Å². The van der Waals surface area contributed by atoms with E-state index in [1.165, 1.54) is 6.07 Å². The maximum Gasteiger partial charge on any atom is 0.264 e. The van der Waals surface area contributed by atoms with E-state index in [9.17, 15) is 8.78 Å². The predicted octanol–water partition coefficient (Wildman–Crippen LogP) is 3.81. The van der Waals surface area contributed by atoms with Gasteiger partial charge in [0.1, 0.15) is 0 Å². The molecule has 0 bridgehead atoms. The number of hydrogen-bond acceptors (Lipinski definition) is 1. The van der Waals surface area contributed by atoms with Gasteiger partial charge in [0.15, 0.2) is 0 Å². The second-order valence-electron chi connectivity index (χ2n) is 3.73. The van der Waals surface area contributed by atoms with Crippen molar-refractivity contribution in [3.63, 3.8) is 0 Å². The van der Waals surface area contributed by atoms with Crippen LogP contribution in [-0.2, 0) is 0 Å². The first kappa shape index (κ1) is 11.0. The molecule has 15 heavy (non-hydrogen) atoms. The number of nitrogens with one attached hydrogen (secondary N) is 1. The van der Waals surface area contributed by atoms with E-state index in [1.54, 1.807) is 12.1 Å². The summed E-state index contributed by atoms with van der Waals surface area (Å²) in [5.74, 6) is 0. The van der Waals surface area contributed by atoms with Crippen molar-refractivity contribution >= 4 is 15.9 Å². The minimum Gasteiger partial charge on any atom is -0.310 e. The topological polar surface area (TPSA) is 12.0 Å². The molecule has 0 aromatic heterocycles. The van der Waals surface area contributed by atoms with Crippen molar-refractivity contribution in [2.24, 2.45) is 0 Å². The van der Waals surface area contributed by atoms with Crippen LogP contribution in [0.4, 0.5) is 8.78 Å². The summed E-state index contributed by atoms with van der Waals surface area (Å²) < 4.78 is 25.5. The van der Waals surface area contributed by atoms with Crippen molar-refractivity contribution in [1.82, 2.24) is 5.32 Å². The maximum atomic E-state index is 12.5. The highest BCUT2D eigenvalue weighted by Gasteiger charge is 2.18. The fraction of sp³-hybridized carbons (Fsp3) is 0.455. The average molecular weight is 276 g/mol.